The van der Waals surface area contributed by atoms with Crippen molar-refractivity contribution in [1.82, 2.24) is 0 Å². The summed E-state index contributed by atoms with van der Waals surface area (Å²) in [5.74, 6) is -0.535. The fraction of sp³-hybridized carbons (Fsp3) is 0.348. The third-order valence-corrected chi connectivity index (χ3v) is 6.01. The third kappa shape index (κ3) is 3.50. The van der Waals surface area contributed by atoms with E-state index in [2.05, 4.69) is 5.32 Å². The summed E-state index contributed by atoms with van der Waals surface area (Å²) in [6.45, 7) is 6.58. The molecule has 1 N–H and O–H groups in total. The fourth-order valence-electron chi connectivity index (χ4n) is 4.14. The molecule has 2 aliphatic rings. The highest BCUT2D eigenvalue weighted by Crippen LogP contribution is 2.34. The molecule has 1 atom stereocenters. The van der Waals surface area contributed by atoms with E-state index in [0.29, 0.717) is 13.1 Å². The molecule has 1 saturated heterocycles. The summed E-state index contributed by atoms with van der Waals surface area (Å²) in [6.07, 6.45) is 0.981. The number of nitrogens with one attached hydrogen (secondary N) is 1. The Hall–Kier alpha value is -3.15. The molecule has 0 aromatic heterocycles. The van der Waals surface area contributed by atoms with Crippen LogP contribution in [0.15, 0.2) is 36.4 Å². The molecule has 0 bridgehead atoms. The maximum atomic E-state index is 12.8. The Kier molecular flexibility index (Phi) is 4.86. The normalized spacial score (nSPS) is 18.2. The molecular weight excluding hydrogens is 366 g/mol. The Bertz CT molecular complexity index is 1010. The summed E-state index contributed by atoms with van der Waals surface area (Å²) in [5.41, 5.74) is 5.72. The smallest absolute Gasteiger partial charge is 0.229 e. The van der Waals surface area contributed by atoms with Crippen molar-refractivity contribution in [1.29, 1.82) is 0 Å². The molecule has 2 aliphatic heterocycles. The van der Waals surface area contributed by atoms with Gasteiger partial charge in [-0.15, -0.1) is 0 Å². The Morgan fingerprint density at radius 2 is 1.93 bits per heavy atom. The first-order valence-electron chi connectivity index (χ1n) is 9.93. The summed E-state index contributed by atoms with van der Waals surface area (Å²) in [4.78, 5) is 40.6. The van der Waals surface area contributed by atoms with E-state index in [0.717, 1.165) is 40.2 Å². The molecule has 1 fully saturated rings. The number of benzene rings is 2. The van der Waals surface area contributed by atoms with Gasteiger partial charge in [0.2, 0.25) is 17.7 Å². The van der Waals surface area contributed by atoms with Gasteiger partial charge in [0.15, 0.2) is 0 Å². The summed E-state index contributed by atoms with van der Waals surface area (Å²) >= 11 is 0. The minimum atomic E-state index is -0.385. The molecule has 2 heterocycles. The Labute approximate surface area is 170 Å². The lowest BCUT2D eigenvalue weighted by atomic mass is 10.1. The molecule has 29 heavy (non-hydrogen) atoms. The minimum Gasteiger partial charge on any atom is -0.326 e. The number of nitrogens with zero attached hydrogens (tertiary/aromatic N) is 2. The molecule has 2 aromatic rings. The van der Waals surface area contributed by atoms with Crippen LogP contribution in [-0.2, 0) is 20.8 Å². The number of hydrogen-bond acceptors (Lipinski definition) is 3. The number of fused-ring (bicyclic) bond motifs is 1. The van der Waals surface area contributed by atoms with Crippen molar-refractivity contribution in [2.75, 3.05) is 28.2 Å². The van der Waals surface area contributed by atoms with E-state index in [4.69, 9.17) is 0 Å². The van der Waals surface area contributed by atoms with Crippen molar-refractivity contribution >= 4 is 34.8 Å². The van der Waals surface area contributed by atoms with E-state index >= 15 is 0 Å². The van der Waals surface area contributed by atoms with Gasteiger partial charge in [0, 0.05) is 43.5 Å². The van der Waals surface area contributed by atoms with Crippen molar-refractivity contribution in [3.05, 3.63) is 53.1 Å². The van der Waals surface area contributed by atoms with Gasteiger partial charge in [-0.05, 0) is 61.2 Å². The average molecular weight is 391 g/mol. The molecule has 0 radical (unpaired) electrons. The second kappa shape index (κ2) is 7.35. The van der Waals surface area contributed by atoms with E-state index < -0.39 is 0 Å². The standard InChI is InChI=1S/C23H25N3O3/c1-14-5-4-6-20(15(14)2)24-23(29)18-12-22(28)26(13-18)19-7-8-21-17(11-19)9-10-25(21)16(3)27/h4-8,11,18H,9-10,12-13H2,1-3H3,(H,24,29)/t18-/m1/s1. The van der Waals surface area contributed by atoms with Crippen LogP contribution >= 0.6 is 0 Å². The number of hydrogen-bond donors (Lipinski definition) is 1. The van der Waals surface area contributed by atoms with Crippen LogP contribution in [0.5, 0.6) is 0 Å². The number of anilines is 3. The molecular formula is C23H25N3O3. The minimum absolute atomic E-state index is 0.0249. The molecule has 0 unspecified atom stereocenters. The molecule has 6 nitrogen and oxygen atoms in total. The van der Waals surface area contributed by atoms with Gasteiger partial charge in [-0.1, -0.05) is 12.1 Å². The zero-order valence-corrected chi connectivity index (χ0v) is 17.0. The van der Waals surface area contributed by atoms with Crippen molar-refractivity contribution in [2.24, 2.45) is 5.92 Å². The molecule has 3 amide bonds. The average Bonchev–Trinajstić information content (AvgIpc) is 3.28. The van der Waals surface area contributed by atoms with Crippen LogP contribution in [0.25, 0.3) is 0 Å². The largest absolute Gasteiger partial charge is 0.326 e. The van der Waals surface area contributed by atoms with Crippen molar-refractivity contribution in [2.45, 2.75) is 33.6 Å². The van der Waals surface area contributed by atoms with Crippen LogP contribution in [0.1, 0.15) is 30.0 Å². The molecule has 0 spiro atoms. The lowest BCUT2D eigenvalue weighted by Gasteiger charge is -2.19. The maximum absolute atomic E-state index is 12.8. The lowest BCUT2D eigenvalue weighted by molar-refractivity contribution is -0.122. The second-order valence-corrected chi connectivity index (χ2v) is 7.88. The fourth-order valence-corrected chi connectivity index (χ4v) is 4.14. The molecule has 2 aromatic carbocycles. The molecule has 0 saturated carbocycles. The van der Waals surface area contributed by atoms with Crippen LogP contribution < -0.4 is 15.1 Å². The van der Waals surface area contributed by atoms with Crippen molar-refractivity contribution in [3.8, 4) is 0 Å². The molecule has 150 valence electrons. The highest BCUT2D eigenvalue weighted by atomic mass is 16.2. The molecule has 0 aliphatic carbocycles. The Balaban J connectivity index is 1.49. The summed E-state index contributed by atoms with van der Waals surface area (Å²) in [5, 5.41) is 2.98. The van der Waals surface area contributed by atoms with Crippen LogP contribution in [-0.4, -0.2) is 30.8 Å². The van der Waals surface area contributed by atoms with E-state index in [1.165, 1.54) is 0 Å². The first-order valence-corrected chi connectivity index (χ1v) is 9.93. The number of rotatable bonds is 3. The van der Waals surface area contributed by atoms with Gasteiger partial charge in [-0.2, -0.15) is 0 Å². The van der Waals surface area contributed by atoms with Crippen molar-refractivity contribution in [3.63, 3.8) is 0 Å². The quantitative estimate of drug-likeness (QED) is 0.874. The van der Waals surface area contributed by atoms with Gasteiger partial charge in [0.25, 0.3) is 0 Å². The van der Waals surface area contributed by atoms with Crippen LogP contribution in [0, 0.1) is 19.8 Å². The van der Waals surface area contributed by atoms with Gasteiger partial charge in [-0.3, -0.25) is 14.4 Å². The number of amides is 3. The van der Waals surface area contributed by atoms with Gasteiger partial charge in [0.05, 0.1) is 5.92 Å². The number of carbonyl (C=O) groups excluding carboxylic acids is 3. The summed E-state index contributed by atoms with van der Waals surface area (Å²) in [7, 11) is 0. The van der Waals surface area contributed by atoms with Gasteiger partial charge < -0.3 is 15.1 Å². The second-order valence-electron chi connectivity index (χ2n) is 7.88. The van der Waals surface area contributed by atoms with Crippen LogP contribution in [0.2, 0.25) is 0 Å². The van der Waals surface area contributed by atoms with Crippen LogP contribution in [0.4, 0.5) is 17.1 Å². The number of aryl methyl sites for hydroxylation is 1. The Morgan fingerprint density at radius 3 is 2.69 bits per heavy atom. The monoisotopic (exact) mass is 391 g/mol. The van der Waals surface area contributed by atoms with Gasteiger partial charge in [0.1, 0.15) is 0 Å². The van der Waals surface area contributed by atoms with Crippen LogP contribution in [0.3, 0.4) is 0 Å². The topological polar surface area (TPSA) is 69.7 Å². The Morgan fingerprint density at radius 1 is 1.14 bits per heavy atom. The highest BCUT2D eigenvalue weighted by molar-refractivity contribution is 6.04. The zero-order chi connectivity index (χ0) is 20.7. The summed E-state index contributed by atoms with van der Waals surface area (Å²) < 4.78 is 0. The number of carbonyl (C=O) groups is 3. The highest BCUT2D eigenvalue weighted by Gasteiger charge is 2.36. The first-order chi connectivity index (χ1) is 13.8. The maximum Gasteiger partial charge on any atom is 0.229 e. The van der Waals surface area contributed by atoms with E-state index in [-0.39, 0.29) is 30.1 Å². The first kappa shape index (κ1) is 19.2. The van der Waals surface area contributed by atoms with Gasteiger partial charge in [-0.25, -0.2) is 0 Å². The van der Waals surface area contributed by atoms with E-state index in [9.17, 15) is 14.4 Å². The zero-order valence-electron chi connectivity index (χ0n) is 17.0. The predicted molar refractivity (Wildman–Crippen MR) is 113 cm³/mol. The lowest BCUT2D eigenvalue weighted by Crippen LogP contribution is -2.28. The third-order valence-electron chi connectivity index (χ3n) is 6.01. The van der Waals surface area contributed by atoms with Crippen molar-refractivity contribution < 1.29 is 14.4 Å². The summed E-state index contributed by atoms with van der Waals surface area (Å²) in [6, 6.07) is 11.5. The van der Waals surface area contributed by atoms with E-state index in [1.54, 1.807) is 16.7 Å². The predicted octanol–water partition coefficient (Wildman–Crippen LogP) is 3.20. The SMILES string of the molecule is CC(=O)N1CCc2cc(N3C[C@H](C(=O)Nc4cccc(C)c4C)CC3=O)ccc21. The molecule has 6 heteroatoms. The molecule has 4 rings (SSSR count). The van der Waals surface area contributed by atoms with E-state index in [1.807, 2.05) is 50.2 Å². The van der Waals surface area contributed by atoms with Gasteiger partial charge >= 0.3 is 0 Å².